The molecule has 0 aromatic carbocycles. The monoisotopic (exact) mass is 183 g/mol. The molecule has 74 valence electrons. The molecule has 1 amide bonds. The number of carbonyl (C=O) groups excluding carboxylic acids is 1. The van der Waals surface area contributed by atoms with E-state index in [-0.39, 0.29) is 11.9 Å². The normalized spacial score (nSPS) is 11.8. The maximum absolute atomic E-state index is 11.0. The number of hydrogen-bond acceptors (Lipinski definition) is 3. The predicted molar refractivity (Wildman–Crippen MR) is 50.7 cm³/mol. The molecular formula is C9H17N3O. The van der Waals surface area contributed by atoms with Crippen molar-refractivity contribution in [2.24, 2.45) is 5.73 Å². The van der Waals surface area contributed by atoms with Crippen molar-refractivity contribution in [3.8, 4) is 6.07 Å². The molecule has 0 aromatic rings. The lowest BCUT2D eigenvalue weighted by molar-refractivity contribution is -0.121. The van der Waals surface area contributed by atoms with Crippen molar-refractivity contribution >= 4 is 5.91 Å². The highest BCUT2D eigenvalue weighted by atomic mass is 16.1. The summed E-state index contributed by atoms with van der Waals surface area (Å²) in [6.07, 6.45) is 2.56. The zero-order valence-electron chi connectivity index (χ0n) is 8.05. The fraction of sp³-hybridized carbons (Fsp3) is 0.778. The number of amides is 1. The van der Waals surface area contributed by atoms with Gasteiger partial charge in [0.25, 0.3) is 0 Å². The summed E-state index contributed by atoms with van der Waals surface area (Å²) in [5.74, 6) is 0.0101. The van der Waals surface area contributed by atoms with Gasteiger partial charge in [0, 0.05) is 19.0 Å². The number of hydrogen-bond donors (Lipinski definition) is 2. The Morgan fingerprint density at radius 3 is 2.92 bits per heavy atom. The number of nitriles is 1. The van der Waals surface area contributed by atoms with Gasteiger partial charge >= 0.3 is 0 Å². The quantitative estimate of drug-likeness (QED) is 0.590. The molecule has 0 spiro atoms. The van der Waals surface area contributed by atoms with Crippen LogP contribution < -0.4 is 11.1 Å². The third kappa shape index (κ3) is 8.83. The molecule has 0 saturated carbocycles. The average Bonchev–Trinajstić information content (AvgIpc) is 2.04. The minimum Gasteiger partial charge on any atom is -0.355 e. The van der Waals surface area contributed by atoms with E-state index >= 15 is 0 Å². The number of nitrogens with zero attached hydrogens (tertiary/aromatic N) is 1. The summed E-state index contributed by atoms with van der Waals surface area (Å²) in [4.78, 5) is 11.0. The molecule has 0 rings (SSSR count). The fourth-order valence-electron chi connectivity index (χ4n) is 0.931. The van der Waals surface area contributed by atoms with Crippen LogP contribution in [-0.2, 0) is 4.79 Å². The van der Waals surface area contributed by atoms with E-state index in [2.05, 4.69) is 5.32 Å². The van der Waals surface area contributed by atoms with Gasteiger partial charge in [0.1, 0.15) is 0 Å². The van der Waals surface area contributed by atoms with Crippen molar-refractivity contribution in [2.45, 2.75) is 38.6 Å². The first-order valence-corrected chi connectivity index (χ1v) is 4.56. The standard InChI is InChI=1S/C9H17N3O/c1-8(11)4-2-5-9(13)12-7-3-6-10/h8H,2-5,7,11H2,1H3,(H,12,13). The molecule has 0 heterocycles. The summed E-state index contributed by atoms with van der Waals surface area (Å²) in [6.45, 7) is 2.38. The SMILES string of the molecule is CC(N)CCCC(=O)NCCC#N. The van der Waals surface area contributed by atoms with Gasteiger partial charge in [0.2, 0.25) is 5.91 Å². The van der Waals surface area contributed by atoms with E-state index in [1.54, 1.807) is 0 Å². The lowest BCUT2D eigenvalue weighted by Crippen LogP contribution is -2.24. The summed E-state index contributed by atoms with van der Waals surface area (Å²) in [6, 6.07) is 2.12. The van der Waals surface area contributed by atoms with E-state index in [1.807, 2.05) is 13.0 Å². The molecule has 0 aliphatic heterocycles. The van der Waals surface area contributed by atoms with Gasteiger partial charge in [-0.3, -0.25) is 4.79 Å². The van der Waals surface area contributed by atoms with Gasteiger partial charge in [0.15, 0.2) is 0 Å². The molecule has 3 N–H and O–H groups in total. The Kier molecular flexibility index (Phi) is 6.93. The van der Waals surface area contributed by atoms with E-state index in [0.29, 0.717) is 19.4 Å². The first-order valence-electron chi connectivity index (χ1n) is 4.56. The topological polar surface area (TPSA) is 78.9 Å². The molecule has 0 aliphatic carbocycles. The van der Waals surface area contributed by atoms with Gasteiger partial charge < -0.3 is 11.1 Å². The highest BCUT2D eigenvalue weighted by molar-refractivity contribution is 5.75. The first-order chi connectivity index (χ1) is 6.16. The number of rotatable bonds is 6. The largest absolute Gasteiger partial charge is 0.355 e. The second-order valence-electron chi connectivity index (χ2n) is 3.13. The smallest absolute Gasteiger partial charge is 0.220 e. The van der Waals surface area contributed by atoms with Gasteiger partial charge in [-0.15, -0.1) is 0 Å². The van der Waals surface area contributed by atoms with Gasteiger partial charge in [-0.1, -0.05) is 0 Å². The van der Waals surface area contributed by atoms with Crippen molar-refractivity contribution in [2.75, 3.05) is 6.54 Å². The molecular weight excluding hydrogens is 166 g/mol. The van der Waals surface area contributed by atoms with Crippen LogP contribution in [0.4, 0.5) is 0 Å². The minimum atomic E-state index is 0.0101. The Morgan fingerprint density at radius 1 is 1.69 bits per heavy atom. The maximum Gasteiger partial charge on any atom is 0.220 e. The van der Waals surface area contributed by atoms with E-state index in [4.69, 9.17) is 11.0 Å². The summed E-state index contributed by atoms with van der Waals surface area (Å²) < 4.78 is 0. The van der Waals surface area contributed by atoms with Crippen LogP contribution in [0.2, 0.25) is 0 Å². The van der Waals surface area contributed by atoms with Crippen LogP contribution in [0.15, 0.2) is 0 Å². The van der Waals surface area contributed by atoms with E-state index in [9.17, 15) is 4.79 Å². The molecule has 13 heavy (non-hydrogen) atoms. The Bertz CT molecular complexity index is 184. The van der Waals surface area contributed by atoms with Crippen LogP contribution in [0, 0.1) is 11.3 Å². The van der Waals surface area contributed by atoms with Gasteiger partial charge in [-0.25, -0.2) is 0 Å². The van der Waals surface area contributed by atoms with Crippen LogP contribution in [0.5, 0.6) is 0 Å². The molecule has 4 nitrogen and oxygen atoms in total. The van der Waals surface area contributed by atoms with Crippen LogP contribution in [0.1, 0.15) is 32.6 Å². The van der Waals surface area contributed by atoms with Crippen molar-refractivity contribution in [3.05, 3.63) is 0 Å². The van der Waals surface area contributed by atoms with E-state index in [1.165, 1.54) is 0 Å². The summed E-state index contributed by atoms with van der Waals surface area (Å²) >= 11 is 0. The fourth-order valence-corrected chi connectivity index (χ4v) is 0.931. The lowest BCUT2D eigenvalue weighted by atomic mass is 10.1. The van der Waals surface area contributed by atoms with Crippen LogP contribution in [0.3, 0.4) is 0 Å². The molecule has 0 bridgehead atoms. The van der Waals surface area contributed by atoms with Crippen LogP contribution in [0.25, 0.3) is 0 Å². The third-order valence-corrected chi connectivity index (χ3v) is 1.62. The minimum absolute atomic E-state index is 0.0101. The molecule has 0 radical (unpaired) electrons. The molecule has 0 aromatic heterocycles. The van der Waals surface area contributed by atoms with Crippen molar-refractivity contribution in [1.29, 1.82) is 5.26 Å². The molecule has 0 saturated heterocycles. The summed E-state index contributed by atoms with van der Waals surface area (Å²) in [7, 11) is 0. The van der Waals surface area contributed by atoms with Gasteiger partial charge in [-0.2, -0.15) is 5.26 Å². The molecule has 0 fully saturated rings. The molecule has 1 unspecified atom stereocenters. The van der Waals surface area contributed by atoms with Crippen molar-refractivity contribution in [3.63, 3.8) is 0 Å². The zero-order chi connectivity index (χ0) is 10.1. The number of nitrogens with one attached hydrogen (secondary N) is 1. The van der Waals surface area contributed by atoms with Crippen LogP contribution in [-0.4, -0.2) is 18.5 Å². The Morgan fingerprint density at radius 2 is 2.38 bits per heavy atom. The third-order valence-electron chi connectivity index (χ3n) is 1.62. The Labute approximate surface area is 79.1 Å². The Balaban J connectivity index is 3.26. The van der Waals surface area contributed by atoms with Crippen molar-refractivity contribution < 1.29 is 4.79 Å². The number of nitrogens with two attached hydrogens (primary N) is 1. The van der Waals surface area contributed by atoms with Crippen molar-refractivity contribution in [1.82, 2.24) is 5.32 Å². The molecule has 4 heteroatoms. The van der Waals surface area contributed by atoms with Crippen LogP contribution >= 0.6 is 0 Å². The summed E-state index contributed by atoms with van der Waals surface area (Å²) in [5, 5.41) is 10.9. The zero-order valence-corrected chi connectivity index (χ0v) is 8.05. The van der Waals surface area contributed by atoms with Gasteiger partial charge in [-0.05, 0) is 19.8 Å². The van der Waals surface area contributed by atoms with E-state index in [0.717, 1.165) is 12.8 Å². The number of carbonyl (C=O) groups is 1. The maximum atomic E-state index is 11.0. The predicted octanol–water partition coefficient (Wildman–Crippen LogP) is 0.534. The second-order valence-corrected chi connectivity index (χ2v) is 3.13. The second kappa shape index (κ2) is 7.56. The molecule has 0 aliphatic rings. The first kappa shape index (κ1) is 11.9. The highest BCUT2D eigenvalue weighted by Crippen LogP contribution is 1.97. The van der Waals surface area contributed by atoms with Gasteiger partial charge in [0.05, 0.1) is 12.5 Å². The van der Waals surface area contributed by atoms with E-state index < -0.39 is 0 Å². The lowest BCUT2D eigenvalue weighted by Gasteiger charge is -2.04. The Hall–Kier alpha value is -1.08. The molecule has 1 atom stereocenters. The summed E-state index contributed by atoms with van der Waals surface area (Å²) in [5.41, 5.74) is 5.53. The highest BCUT2D eigenvalue weighted by Gasteiger charge is 2.01. The average molecular weight is 183 g/mol.